The molecule has 0 spiro atoms. The third-order valence-corrected chi connectivity index (χ3v) is 4.50. The molecular weight excluding hydrogens is 340 g/mol. The maximum absolute atomic E-state index is 12.3. The highest BCUT2D eigenvalue weighted by Gasteiger charge is 2.16. The number of benzene rings is 2. The molecule has 4 aromatic rings. The lowest BCUT2D eigenvalue weighted by atomic mass is 10.1. The molecule has 0 amide bonds. The zero-order valence-corrected chi connectivity index (χ0v) is 15.3. The molecule has 0 saturated heterocycles. The van der Waals surface area contributed by atoms with Crippen LogP contribution in [0, 0.1) is 20.8 Å². The molecule has 6 nitrogen and oxygen atoms in total. The second-order valence-corrected chi connectivity index (χ2v) is 6.53. The number of rotatable bonds is 3. The Morgan fingerprint density at radius 1 is 0.926 bits per heavy atom. The molecule has 0 unspecified atom stereocenters. The Kier molecular flexibility index (Phi) is 4.16. The molecule has 4 rings (SSSR count). The minimum atomic E-state index is -0.270. The maximum Gasteiger partial charge on any atom is 0.282 e. The summed E-state index contributed by atoms with van der Waals surface area (Å²) in [5, 5.41) is 8.40. The lowest BCUT2D eigenvalue weighted by Crippen LogP contribution is -2.12. The zero-order valence-electron chi connectivity index (χ0n) is 15.3. The van der Waals surface area contributed by atoms with Gasteiger partial charge in [0.15, 0.2) is 5.69 Å². The molecule has 0 aliphatic heterocycles. The van der Waals surface area contributed by atoms with Crippen molar-refractivity contribution in [1.82, 2.24) is 19.9 Å². The molecule has 0 saturated carbocycles. The Morgan fingerprint density at radius 2 is 1.70 bits per heavy atom. The second kappa shape index (κ2) is 6.64. The van der Waals surface area contributed by atoms with Crippen LogP contribution in [0.2, 0.25) is 0 Å². The van der Waals surface area contributed by atoms with Crippen molar-refractivity contribution in [1.29, 1.82) is 0 Å². The Bertz CT molecular complexity index is 1170. The molecule has 2 aromatic carbocycles. The molecule has 2 aromatic heterocycles. The van der Waals surface area contributed by atoms with Crippen molar-refractivity contribution in [3.63, 3.8) is 0 Å². The number of aromatic nitrogens is 4. The van der Waals surface area contributed by atoms with Gasteiger partial charge in [-0.3, -0.25) is 4.79 Å². The highest BCUT2D eigenvalue weighted by atomic mass is 16.5. The fourth-order valence-corrected chi connectivity index (χ4v) is 2.71. The van der Waals surface area contributed by atoms with Crippen LogP contribution in [-0.2, 0) is 0 Å². The van der Waals surface area contributed by atoms with Crippen LogP contribution >= 0.6 is 0 Å². The molecule has 0 bridgehead atoms. The van der Waals surface area contributed by atoms with Crippen molar-refractivity contribution in [2.45, 2.75) is 20.8 Å². The van der Waals surface area contributed by atoms with Crippen molar-refractivity contribution in [3.05, 3.63) is 81.6 Å². The van der Waals surface area contributed by atoms with Crippen molar-refractivity contribution in [2.75, 3.05) is 0 Å². The highest BCUT2D eigenvalue weighted by molar-refractivity contribution is 5.59. The predicted molar refractivity (Wildman–Crippen MR) is 103 cm³/mol. The van der Waals surface area contributed by atoms with Gasteiger partial charge in [0, 0.05) is 17.8 Å². The largest absolute Gasteiger partial charge is 0.332 e. The van der Waals surface area contributed by atoms with Gasteiger partial charge < -0.3 is 4.52 Å². The van der Waals surface area contributed by atoms with Crippen molar-refractivity contribution < 1.29 is 4.52 Å². The Balaban J connectivity index is 1.74. The van der Waals surface area contributed by atoms with Gasteiger partial charge >= 0.3 is 0 Å². The normalized spacial score (nSPS) is 10.9. The first-order valence-electron chi connectivity index (χ1n) is 8.60. The number of hydrogen-bond acceptors (Lipinski definition) is 5. The zero-order chi connectivity index (χ0) is 19.0. The van der Waals surface area contributed by atoms with E-state index in [2.05, 4.69) is 15.2 Å². The third-order valence-electron chi connectivity index (χ3n) is 4.50. The van der Waals surface area contributed by atoms with Crippen molar-refractivity contribution in [2.24, 2.45) is 0 Å². The highest BCUT2D eigenvalue weighted by Crippen LogP contribution is 2.22. The van der Waals surface area contributed by atoms with E-state index in [0.29, 0.717) is 5.82 Å². The molecule has 0 radical (unpaired) electrons. The summed E-state index contributed by atoms with van der Waals surface area (Å²) in [6.07, 6.45) is 1.62. The smallest absolute Gasteiger partial charge is 0.282 e. The van der Waals surface area contributed by atoms with Crippen LogP contribution in [0.5, 0.6) is 0 Å². The molecule has 27 heavy (non-hydrogen) atoms. The van der Waals surface area contributed by atoms with E-state index >= 15 is 0 Å². The van der Waals surface area contributed by atoms with Gasteiger partial charge in [-0.1, -0.05) is 35.0 Å². The summed E-state index contributed by atoms with van der Waals surface area (Å²) in [4.78, 5) is 16.7. The van der Waals surface area contributed by atoms with Crippen LogP contribution in [0.4, 0.5) is 0 Å². The lowest BCUT2D eigenvalue weighted by molar-refractivity contribution is 0.429. The molecule has 134 valence electrons. The lowest BCUT2D eigenvalue weighted by Gasteiger charge is -2.06. The van der Waals surface area contributed by atoms with E-state index in [0.717, 1.165) is 22.4 Å². The first-order valence-corrected chi connectivity index (χ1v) is 8.60. The first-order chi connectivity index (χ1) is 13.0. The fraction of sp³-hybridized carbons (Fsp3) is 0.143. The van der Waals surface area contributed by atoms with Crippen molar-refractivity contribution in [3.8, 4) is 28.7 Å². The van der Waals surface area contributed by atoms with E-state index in [1.54, 1.807) is 10.9 Å². The van der Waals surface area contributed by atoms with Gasteiger partial charge in [-0.2, -0.15) is 10.1 Å². The van der Waals surface area contributed by atoms with E-state index in [-0.39, 0.29) is 17.0 Å². The average Bonchev–Trinajstić information content (AvgIpc) is 3.15. The SMILES string of the molecule is Cc1ccc(-n2ccc(=O)c(-c3nc(-c4ccc(C)c(C)c4)no3)n2)cc1. The van der Waals surface area contributed by atoms with E-state index in [1.165, 1.54) is 11.6 Å². The van der Waals surface area contributed by atoms with Crippen LogP contribution in [0.15, 0.2) is 64.0 Å². The summed E-state index contributed by atoms with van der Waals surface area (Å²) < 4.78 is 6.95. The first kappa shape index (κ1) is 16.9. The molecule has 0 N–H and O–H groups in total. The topological polar surface area (TPSA) is 73.8 Å². The molecule has 6 heteroatoms. The van der Waals surface area contributed by atoms with Gasteiger partial charge in [0.25, 0.3) is 5.89 Å². The van der Waals surface area contributed by atoms with Crippen LogP contribution in [-0.4, -0.2) is 19.9 Å². The molecular formula is C21H18N4O2. The minimum Gasteiger partial charge on any atom is -0.332 e. The predicted octanol–water partition coefficient (Wildman–Crippen LogP) is 3.87. The van der Waals surface area contributed by atoms with Gasteiger partial charge in [-0.05, 0) is 50.1 Å². The Hall–Kier alpha value is -3.54. The molecule has 0 atom stereocenters. The van der Waals surface area contributed by atoms with Gasteiger partial charge in [0.05, 0.1) is 5.69 Å². The standard InChI is InChI=1S/C21H18N4O2/c1-13-4-8-17(9-5-13)25-11-10-18(26)19(23-25)21-22-20(24-27-21)16-7-6-14(2)15(3)12-16/h4-12H,1-3H3. The summed E-state index contributed by atoms with van der Waals surface area (Å²) >= 11 is 0. The number of nitrogens with zero attached hydrogens (tertiary/aromatic N) is 4. The van der Waals surface area contributed by atoms with Crippen LogP contribution in [0.1, 0.15) is 16.7 Å². The van der Waals surface area contributed by atoms with Gasteiger partial charge in [-0.25, -0.2) is 4.68 Å². The monoisotopic (exact) mass is 358 g/mol. The third kappa shape index (κ3) is 3.29. The van der Waals surface area contributed by atoms with E-state index in [4.69, 9.17) is 4.52 Å². The summed E-state index contributed by atoms with van der Waals surface area (Å²) in [5.74, 6) is 0.537. The molecule has 0 fully saturated rings. The van der Waals surface area contributed by atoms with E-state index < -0.39 is 0 Å². The van der Waals surface area contributed by atoms with Crippen LogP contribution < -0.4 is 5.43 Å². The van der Waals surface area contributed by atoms with E-state index in [9.17, 15) is 4.79 Å². The van der Waals surface area contributed by atoms with Gasteiger partial charge in [-0.15, -0.1) is 0 Å². The van der Waals surface area contributed by atoms with Gasteiger partial charge in [0.1, 0.15) is 0 Å². The summed E-state index contributed by atoms with van der Waals surface area (Å²) in [5.41, 5.74) is 5.01. The summed E-state index contributed by atoms with van der Waals surface area (Å²) in [6, 6.07) is 15.2. The van der Waals surface area contributed by atoms with Crippen molar-refractivity contribution >= 4 is 0 Å². The summed E-state index contributed by atoms with van der Waals surface area (Å²) in [6.45, 7) is 6.09. The van der Waals surface area contributed by atoms with Gasteiger partial charge in [0.2, 0.25) is 11.3 Å². The minimum absolute atomic E-state index is 0.106. The fourth-order valence-electron chi connectivity index (χ4n) is 2.71. The molecule has 2 heterocycles. The van der Waals surface area contributed by atoms with Crippen LogP contribution in [0.25, 0.3) is 28.7 Å². The Morgan fingerprint density at radius 3 is 2.44 bits per heavy atom. The summed E-state index contributed by atoms with van der Waals surface area (Å²) in [7, 11) is 0. The van der Waals surface area contributed by atoms with Crippen LogP contribution in [0.3, 0.4) is 0 Å². The number of aryl methyl sites for hydroxylation is 3. The van der Waals surface area contributed by atoms with E-state index in [1.807, 2.05) is 63.2 Å². The molecule has 0 aliphatic rings. The quantitative estimate of drug-likeness (QED) is 0.556. The maximum atomic E-state index is 12.3. The second-order valence-electron chi connectivity index (χ2n) is 6.53. The number of hydrogen-bond donors (Lipinski definition) is 0. The average molecular weight is 358 g/mol. The molecule has 0 aliphatic carbocycles. The Labute approximate surface area is 156 Å².